The van der Waals surface area contributed by atoms with Gasteiger partial charge in [0.25, 0.3) is 11.4 Å². The van der Waals surface area contributed by atoms with Crippen molar-refractivity contribution in [2.75, 3.05) is 19.7 Å². The van der Waals surface area contributed by atoms with Crippen LogP contribution in [0.15, 0.2) is 45.8 Å². The number of aromatic nitrogens is 4. The highest BCUT2D eigenvalue weighted by Crippen LogP contribution is 2.26. The summed E-state index contributed by atoms with van der Waals surface area (Å²) in [7, 11) is 0. The van der Waals surface area contributed by atoms with Crippen molar-refractivity contribution in [1.82, 2.24) is 25.0 Å². The van der Waals surface area contributed by atoms with Gasteiger partial charge in [-0.2, -0.15) is 0 Å². The lowest BCUT2D eigenvalue weighted by Gasteiger charge is -2.16. The van der Waals surface area contributed by atoms with Crippen LogP contribution in [-0.2, 0) is 11.2 Å². The largest absolute Gasteiger partial charge is 0.476 e. The SMILES string of the molecule is CCOc1cc(CCC(=O)N2CC[C@H](c3nc(-c4ccccn4)cc(=O)[nH]3)C2)on1. The fourth-order valence-electron chi connectivity index (χ4n) is 3.54. The van der Waals surface area contributed by atoms with Crippen LogP contribution in [0.1, 0.15) is 37.3 Å². The van der Waals surface area contributed by atoms with Gasteiger partial charge in [-0.1, -0.05) is 6.07 Å². The molecule has 1 saturated heterocycles. The van der Waals surface area contributed by atoms with Crippen LogP contribution < -0.4 is 10.3 Å². The van der Waals surface area contributed by atoms with E-state index in [4.69, 9.17) is 9.26 Å². The quantitative estimate of drug-likeness (QED) is 0.636. The molecule has 1 fully saturated rings. The number of hydrogen-bond acceptors (Lipinski definition) is 7. The van der Waals surface area contributed by atoms with Gasteiger partial charge in [-0.15, -0.1) is 0 Å². The number of rotatable bonds is 7. The molecular formula is C21H23N5O4. The molecule has 3 aromatic heterocycles. The summed E-state index contributed by atoms with van der Waals surface area (Å²) in [5.74, 6) is 1.67. The lowest BCUT2D eigenvalue weighted by Crippen LogP contribution is -2.29. The summed E-state index contributed by atoms with van der Waals surface area (Å²) in [6.45, 7) is 3.53. The second-order valence-corrected chi connectivity index (χ2v) is 7.12. The van der Waals surface area contributed by atoms with E-state index in [2.05, 4.69) is 20.1 Å². The van der Waals surface area contributed by atoms with Gasteiger partial charge >= 0.3 is 0 Å². The van der Waals surface area contributed by atoms with Gasteiger partial charge in [-0.3, -0.25) is 14.6 Å². The standard InChI is InChI=1S/C21H23N5O4/c1-2-29-19-11-15(30-25-19)6-7-20(28)26-10-8-14(13-26)21-23-17(12-18(27)24-21)16-5-3-4-9-22-16/h3-5,9,11-12,14H,2,6-8,10,13H2,1H3,(H,23,24,27)/t14-/m0/s1. The van der Waals surface area contributed by atoms with Crippen molar-refractivity contribution in [3.8, 4) is 17.3 Å². The molecule has 1 aliphatic rings. The summed E-state index contributed by atoms with van der Waals surface area (Å²) >= 11 is 0. The van der Waals surface area contributed by atoms with E-state index in [1.807, 2.05) is 25.1 Å². The van der Waals surface area contributed by atoms with Crippen molar-refractivity contribution in [3.05, 3.63) is 58.5 Å². The van der Waals surface area contributed by atoms with Crippen LogP contribution in [-0.4, -0.2) is 50.6 Å². The van der Waals surface area contributed by atoms with Crippen LogP contribution in [0.5, 0.6) is 5.88 Å². The maximum absolute atomic E-state index is 12.6. The predicted molar refractivity (Wildman–Crippen MR) is 108 cm³/mol. The Morgan fingerprint density at radius 3 is 3.03 bits per heavy atom. The summed E-state index contributed by atoms with van der Waals surface area (Å²) in [4.78, 5) is 38.2. The fraction of sp³-hybridized carbons (Fsp3) is 0.381. The Hall–Kier alpha value is -3.49. The lowest BCUT2D eigenvalue weighted by molar-refractivity contribution is -0.130. The normalized spacial score (nSPS) is 16.0. The Bertz CT molecular complexity index is 1060. The molecule has 1 N–H and O–H groups in total. The Morgan fingerprint density at radius 2 is 2.23 bits per heavy atom. The van der Waals surface area contributed by atoms with Gasteiger partial charge in [-0.25, -0.2) is 4.98 Å². The molecule has 0 bridgehead atoms. The molecule has 30 heavy (non-hydrogen) atoms. The monoisotopic (exact) mass is 409 g/mol. The van der Waals surface area contributed by atoms with Gasteiger partial charge in [0.05, 0.1) is 18.0 Å². The minimum absolute atomic E-state index is 0.0138. The molecule has 4 rings (SSSR count). The summed E-state index contributed by atoms with van der Waals surface area (Å²) in [6.07, 6.45) is 3.20. The molecule has 0 saturated carbocycles. The van der Waals surface area contributed by atoms with Crippen molar-refractivity contribution in [3.63, 3.8) is 0 Å². The maximum atomic E-state index is 12.6. The molecule has 156 valence electrons. The molecule has 0 aliphatic carbocycles. The number of amides is 1. The van der Waals surface area contributed by atoms with E-state index in [0.29, 0.717) is 61.4 Å². The van der Waals surface area contributed by atoms with Crippen LogP contribution in [0.2, 0.25) is 0 Å². The van der Waals surface area contributed by atoms with Gasteiger partial charge in [0, 0.05) is 50.2 Å². The van der Waals surface area contributed by atoms with Crippen LogP contribution in [0.25, 0.3) is 11.4 Å². The zero-order valence-corrected chi connectivity index (χ0v) is 16.7. The highest BCUT2D eigenvalue weighted by molar-refractivity contribution is 5.76. The number of H-pyrrole nitrogens is 1. The number of pyridine rings is 1. The molecule has 9 heteroatoms. The number of ether oxygens (including phenoxy) is 1. The van der Waals surface area contributed by atoms with E-state index in [1.54, 1.807) is 17.2 Å². The first-order valence-corrected chi connectivity index (χ1v) is 10.0. The van der Waals surface area contributed by atoms with Crippen LogP contribution in [0.4, 0.5) is 0 Å². The molecule has 0 spiro atoms. The average Bonchev–Trinajstić information content (AvgIpc) is 3.42. The number of nitrogens with zero attached hydrogens (tertiary/aromatic N) is 4. The molecule has 0 unspecified atom stereocenters. The third-order valence-electron chi connectivity index (χ3n) is 5.03. The first kappa shape index (κ1) is 19.8. The second kappa shape index (κ2) is 8.89. The molecule has 9 nitrogen and oxygen atoms in total. The fourth-order valence-corrected chi connectivity index (χ4v) is 3.54. The van der Waals surface area contributed by atoms with Crippen LogP contribution in [0, 0.1) is 0 Å². The third-order valence-corrected chi connectivity index (χ3v) is 5.03. The van der Waals surface area contributed by atoms with Crippen LogP contribution in [0.3, 0.4) is 0 Å². The third kappa shape index (κ3) is 4.56. The van der Waals surface area contributed by atoms with E-state index in [9.17, 15) is 9.59 Å². The first-order valence-electron chi connectivity index (χ1n) is 10.0. The van der Waals surface area contributed by atoms with E-state index >= 15 is 0 Å². The number of carbonyl (C=O) groups is 1. The molecule has 0 aromatic carbocycles. The molecule has 1 aliphatic heterocycles. The van der Waals surface area contributed by atoms with E-state index in [0.717, 1.165) is 6.42 Å². The van der Waals surface area contributed by atoms with E-state index < -0.39 is 0 Å². The first-order chi connectivity index (χ1) is 14.6. The predicted octanol–water partition coefficient (Wildman–Crippen LogP) is 2.17. The number of aromatic amines is 1. The van der Waals surface area contributed by atoms with Crippen molar-refractivity contribution in [2.24, 2.45) is 0 Å². The molecular weight excluding hydrogens is 386 g/mol. The summed E-state index contributed by atoms with van der Waals surface area (Å²) < 4.78 is 10.5. The van der Waals surface area contributed by atoms with Gasteiger partial charge < -0.3 is 19.1 Å². The average molecular weight is 409 g/mol. The summed E-state index contributed by atoms with van der Waals surface area (Å²) in [5, 5.41) is 3.81. The number of carbonyl (C=O) groups excluding carboxylic acids is 1. The van der Waals surface area contributed by atoms with E-state index in [-0.39, 0.29) is 17.4 Å². The Balaban J connectivity index is 1.38. The van der Waals surface area contributed by atoms with Gasteiger partial charge in [-0.05, 0) is 30.6 Å². The summed E-state index contributed by atoms with van der Waals surface area (Å²) in [5.41, 5.74) is 0.963. The minimum Gasteiger partial charge on any atom is -0.476 e. The molecule has 1 amide bonds. The summed E-state index contributed by atoms with van der Waals surface area (Å²) in [6, 6.07) is 8.64. The highest BCUT2D eigenvalue weighted by atomic mass is 16.5. The smallest absolute Gasteiger partial charge is 0.254 e. The Labute approximate surface area is 173 Å². The number of likely N-dealkylation sites (tertiary alicyclic amines) is 1. The molecule has 1 atom stereocenters. The molecule has 0 radical (unpaired) electrons. The lowest BCUT2D eigenvalue weighted by atomic mass is 10.1. The van der Waals surface area contributed by atoms with Gasteiger partial charge in [0.15, 0.2) is 0 Å². The number of nitrogens with one attached hydrogen (secondary N) is 1. The van der Waals surface area contributed by atoms with Crippen molar-refractivity contribution >= 4 is 5.91 Å². The number of hydrogen-bond donors (Lipinski definition) is 1. The van der Waals surface area contributed by atoms with Crippen LogP contribution >= 0.6 is 0 Å². The van der Waals surface area contributed by atoms with Crippen molar-refractivity contribution in [1.29, 1.82) is 0 Å². The van der Waals surface area contributed by atoms with Gasteiger partial charge in [0.1, 0.15) is 11.6 Å². The molecule has 4 heterocycles. The number of aryl methyl sites for hydroxylation is 1. The zero-order valence-electron chi connectivity index (χ0n) is 16.7. The maximum Gasteiger partial charge on any atom is 0.254 e. The van der Waals surface area contributed by atoms with E-state index in [1.165, 1.54) is 6.07 Å². The topological polar surface area (TPSA) is 114 Å². The molecule has 3 aromatic rings. The Kier molecular flexibility index (Phi) is 5.87. The minimum atomic E-state index is -0.221. The highest BCUT2D eigenvalue weighted by Gasteiger charge is 2.29. The second-order valence-electron chi connectivity index (χ2n) is 7.12. The van der Waals surface area contributed by atoms with Gasteiger partial charge in [0.2, 0.25) is 5.91 Å². The van der Waals surface area contributed by atoms with Crippen molar-refractivity contribution < 1.29 is 14.1 Å². The van der Waals surface area contributed by atoms with Crippen molar-refractivity contribution in [2.45, 2.75) is 32.1 Å². The Morgan fingerprint density at radius 1 is 1.33 bits per heavy atom. The zero-order chi connectivity index (χ0) is 20.9.